The summed E-state index contributed by atoms with van der Waals surface area (Å²) in [6.07, 6.45) is 1.12. The zero-order chi connectivity index (χ0) is 23.6. The van der Waals surface area contributed by atoms with Crippen molar-refractivity contribution in [2.75, 3.05) is 13.2 Å². The van der Waals surface area contributed by atoms with Crippen molar-refractivity contribution in [1.29, 1.82) is 0 Å². The molecule has 12 nitrogen and oxygen atoms in total. The fourth-order valence-electron chi connectivity index (χ4n) is 3.12. The summed E-state index contributed by atoms with van der Waals surface area (Å²) in [6, 6.07) is -4.31. The molecule has 1 rings (SSSR count). The lowest BCUT2D eigenvalue weighted by molar-refractivity contribution is -0.143. The van der Waals surface area contributed by atoms with Crippen LogP contribution in [0.3, 0.4) is 0 Å². The summed E-state index contributed by atoms with van der Waals surface area (Å²) in [7, 11) is 0. The highest BCUT2D eigenvalue weighted by Gasteiger charge is 2.33. The Morgan fingerprint density at radius 2 is 1.71 bits per heavy atom. The molecule has 5 unspecified atom stereocenters. The molecule has 0 bridgehead atoms. The van der Waals surface area contributed by atoms with E-state index in [0.29, 0.717) is 19.4 Å². The summed E-state index contributed by atoms with van der Waals surface area (Å²) >= 11 is 0. The molecule has 5 atom stereocenters. The van der Waals surface area contributed by atoms with Crippen molar-refractivity contribution in [3.8, 4) is 0 Å². The normalized spacial score (nSPS) is 19.5. The maximum atomic E-state index is 12.7. The molecular formula is C19H32N4O8. The Morgan fingerprint density at radius 3 is 2.19 bits per heavy atom. The van der Waals surface area contributed by atoms with Gasteiger partial charge in [-0.1, -0.05) is 20.3 Å². The van der Waals surface area contributed by atoms with Crippen LogP contribution in [-0.4, -0.2) is 82.3 Å². The van der Waals surface area contributed by atoms with E-state index in [-0.39, 0.29) is 6.42 Å². The van der Waals surface area contributed by atoms with E-state index in [1.54, 1.807) is 13.8 Å². The molecule has 0 aliphatic carbocycles. The SMILES string of the molecule is CCC(C)C(NC(=O)C(CO)NC(=O)C1CCCN1)C(=O)NC(CCC(=O)O)C(=O)O. The third-order valence-electron chi connectivity index (χ3n) is 5.25. The first-order valence-corrected chi connectivity index (χ1v) is 10.3. The molecular weight excluding hydrogens is 412 g/mol. The van der Waals surface area contributed by atoms with Crippen LogP contribution >= 0.6 is 0 Å². The number of aliphatic hydroxyl groups is 1. The topological polar surface area (TPSA) is 194 Å². The molecule has 1 aliphatic rings. The third-order valence-corrected chi connectivity index (χ3v) is 5.25. The Morgan fingerprint density at radius 1 is 1.03 bits per heavy atom. The van der Waals surface area contributed by atoms with Crippen LogP contribution in [0.4, 0.5) is 0 Å². The molecule has 1 saturated heterocycles. The predicted molar refractivity (Wildman–Crippen MR) is 108 cm³/mol. The van der Waals surface area contributed by atoms with Gasteiger partial charge < -0.3 is 36.6 Å². The van der Waals surface area contributed by atoms with E-state index < -0.39 is 72.8 Å². The summed E-state index contributed by atoms with van der Waals surface area (Å²) in [4.78, 5) is 59.6. The highest BCUT2D eigenvalue weighted by atomic mass is 16.4. The average Bonchev–Trinajstić information content (AvgIpc) is 3.26. The number of hydrogen-bond donors (Lipinski definition) is 7. The van der Waals surface area contributed by atoms with E-state index in [2.05, 4.69) is 21.3 Å². The molecule has 0 radical (unpaired) electrons. The second-order valence-electron chi connectivity index (χ2n) is 7.60. The Bertz CT molecular complexity index is 665. The lowest BCUT2D eigenvalue weighted by Gasteiger charge is -2.27. The Balaban J connectivity index is 2.82. The van der Waals surface area contributed by atoms with E-state index >= 15 is 0 Å². The van der Waals surface area contributed by atoms with Crippen LogP contribution in [0.25, 0.3) is 0 Å². The smallest absolute Gasteiger partial charge is 0.326 e. The minimum absolute atomic E-state index is 0.318. The fraction of sp³-hybridized carbons (Fsp3) is 0.737. The number of carboxylic acid groups (broad SMARTS) is 2. The number of carbonyl (C=O) groups is 5. The summed E-state index contributed by atoms with van der Waals surface area (Å²) in [5.41, 5.74) is 0. The van der Waals surface area contributed by atoms with Gasteiger partial charge in [0, 0.05) is 6.42 Å². The van der Waals surface area contributed by atoms with Crippen molar-refractivity contribution in [2.45, 2.75) is 70.1 Å². The molecule has 1 aliphatic heterocycles. The number of amides is 3. The zero-order valence-corrected chi connectivity index (χ0v) is 17.7. The lowest BCUT2D eigenvalue weighted by atomic mass is 9.97. The molecule has 0 saturated carbocycles. The van der Waals surface area contributed by atoms with Gasteiger partial charge in [0.25, 0.3) is 0 Å². The summed E-state index contributed by atoms with van der Waals surface area (Å²) in [5, 5.41) is 37.7. The monoisotopic (exact) mass is 444 g/mol. The largest absolute Gasteiger partial charge is 0.481 e. The molecule has 0 aromatic carbocycles. The summed E-state index contributed by atoms with van der Waals surface area (Å²) in [5.74, 6) is -5.01. The first-order valence-electron chi connectivity index (χ1n) is 10.3. The van der Waals surface area contributed by atoms with Crippen molar-refractivity contribution in [2.24, 2.45) is 5.92 Å². The van der Waals surface area contributed by atoms with Gasteiger partial charge in [0.1, 0.15) is 18.1 Å². The van der Waals surface area contributed by atoms with Crippen molar-refractivity contribution in [3.63, 3.8) is 0 Å². The van der Waals surface area contributed by atoms with Crippen LogP contribution in [-0.2, 0) is 24.0 Å². The minimum Gasteiger partial charge on any atom is -0.481 e. The minimum atomic E-state index is -1.44. The van der Waals surface area contributed by atoms with Crippen LogP contribution in [0.2, 0.25) is 0 Å². The molecule has 3 amide bonds. The molecule has 31 heavy (non-hydrogen) atoms. The molecule has 0 aromatic rings. The number of carboxylic acids is 2. The maximum absolute atomic E-state index is 12.7. The number of nitrogens with one attached hydrogen (secondary N) is 4. The Labute approximate surface area is 180 Å². The molecule has 7 N–H and O–H groups in total. The van der Waals surface area contributed by atoms with Gasteiger partial charge in [0.05, 0.1) is 12.6 Å². The van der Waals surface area contributed by atoms with Gasteiger partial charge in [0.15, 0.2) is 0 Å². The number of hydrogen-bond acceptors (Lipinski definition) is 7. The van der Waals surface area contributed by atoms with E-state index in [0.717, 1.165) is 6.42 Å². The average molecular weight is 444 g/mol. The van der Waals surface area contributed by atoms with Crippen molar-refractivity contribution >= 4 is 29.7 Å². The quantitative estimate of drug-likeness (QED) is 0.171. The number of rotatable bonds is 13. The van der Waals surface area contributed by atoms with Gasteiger partial charge in [-0.05, 0) is 31.7 Å². The zero-order valence-electron chi connectivity index (χ0n) is 17.7. The van der Waals surface area contributed by atoms with Crippen molar-refractivity contribution in [1.82, 2.24) is 21.3 Å². The fourth-order valence-corrected chi connectivity index (χ4v) is 3.12. The van der Waals surface area contributed by atoms with E-state index in [1.165, 1.54) is 0 Å². The van der Waals surface area contributed by atoms with Crippen LogP contribution in [0.15, 0.2) is 0 Å². The number of aliphatic carboxylic acids is 2. The highest BCUT2D eigenvalue weighted by molar-refractivity contribution is 5.94. The Kier molecular flexibility index (Phi) is 10.9. The van der Waals surface area contributed by atoms with Gasteiger partial charge >= 0.3 is 11.9 Å². The van der Waals surface area contributed by atoms with Crippen molar-refractivity contribution in [3.05, 3.63) is 0 Å². The van der Waals surface area contributed by atoms with Gasteiger partial charge in [-0.2, -0.15) is 0 Å². The number of carbonyl (C=O) groups excluding carboxylic acids is 3. The number of aliphatic hydroxyl groups excluding tert-OH is 1. The van der Waals surface area contributed by atoms with Gasteiger partial charge in [-0.25, -0.2) is 4.79 Å². The Hall–Kier alpha value is -2.73. The summed E-state index contributed by atoms with van der Waals surface area (Å²) in [6.45, 7) is 3.44. The molecule has 12 heteroatoms. The van der Waals surface area contributed by atoms with Crippen molar-refractivity contribution < 1.29 is 39.3 Å². The van der Waals surface area contributed by atoms with Gasteiger partial charge in [0.2, 0.25) is 17.7 Å². The highest BCUT2D eigenvalue weighted by Crippen LogP contribution is 2.10. The van der Waals surface area contributed by atoms with Gasteiger partial charge in [-0.15, -0.1) is 0 Å². The first-order chi connectivity index (χ1) is 14.6. The molecule has 1 heterocycles. The van der Waals surface area contributed by atoms with E-state index in [9.17, 15) is 34.2 Å². The first kappa shape index (κ1) is 26.3. The van der Waals surface area contributed by atoms with Crippen LogP contribution < -0.4 is 21.3 Å². The van der Waals surface area contributed by atoms with Crippen LogP contribution in [0, 0.1) is 5.92 Å². The molecule has 0 aromatic heterocycles. The van der Waals surface area contributed by atoms with E-state index in [4.69, 9.17) is 5.11 Å². The standard InChI is InChI=1S/C19H32N4O8/c1-3-10(2)15(18(29)21-12(19(30)31)6-7-14(25)26)23-17(28)13(9-24)22-16(27)11-5-4-8-20-11/h10-13,15,20,24H,3-9H2,1-2H3,(H,21,29)(H,22,27)(H,23,28)(H,25,26)(H,30,31). The molecule has 176 valence electrons. The lowest BCUT2D eigenvalue weighted by Crippen LogP contribution is -2.59. The third kappa shape index (κ3) is 8.50. The molecule has 0 spiro atoms. The molecule has 1 fully saturated rings. The van der Waals surface area contributed by atoms with Crippen LogP contribution in [0.1, 0.15) is 46.0 Å². The summed E-state index contributed by atoms with van der Waals surface area (Å²) < 4.78 is 0. The van der Waals surface area contributed by atoms with Crippen LogP contribution in [0.5, 0.6) is 0 Å². The van der Waals surface area contributed by atoms with E-state index in [1.807, 2.05) is 0 Å². The van der Waals surface area contributed by atoms with Gasteiger partial charge in [-0.3, -0.25) is 19.2 Å². The predicted octanol–water partition coefficient (Wildman–Crippen LogP) is -1.82. The second kappa shape index (κ2) is 12.8. The maximum Gasteiger partial charge on any atom is 0.326 e. The second-order valence-corrected chi connectivity index (χ2v) is 7.60.